The third-order valence-corrected chi connectivity index (χ3v) is 4.60. The second-order valence-electron chi connectivity index (χ2n) is 6.01. The lowest BCUT2D eigenvalue weighted by molar-refractivity contribution is -0.145. The second kappa shape index (κ2) is 6.06. The van der Waals surface area contributed by atoms with Crippen LogP contribution >= 0.6 is 0 Å². The summed E-state index contributed by atoms with van der Waals surface area (Å²) in [6, 6.07) is 12.2. The zero-order chi connectivity index (χ0) is 17.4. The van der Waals surface area contributed by atoms with Gasteiger partial charge in [0.25, 0.3) is 11.8 Å². The van der Waals surface area contributed by atoms with Gasteiger partial charge in [-0.25, -0.2) is 9.29 Å². The minimum Gasteiger partial charge on any atom is -0.379 e. The van der Waals surface area contributed by atoms with E-state index in [-0.39, 0.29) is 6.61 Å². The Bertz CT molecular complexity index is 826. The molecule has 25 heavy (non-hydrogen) atoms. The summed E-state index contributed by atoms with van der Waals surface area (Å²) in [6.07, 6.45) is 0.313. The number of rotatable bonds is 1. The van der Waals surface area contributed by atoms with E-state index in [1.807, 2.05) is 0 Å². The number of hydrogen-bond acceptors (Lipinski definition) is 4. The average Bonchev–Trinajstić information content (AvgIpc) is 2.89. The van der Waals surface area contributed by atoms with E-state index < -0.39 is 23.2 Å². The molecule has 2 aliphatic rings. The zero-order valence-corrected chi connectivity index (χ0v) is 13.4. The van der Waals surface area contributed by atoms with E-state index in [1.165, 1.54) is 24.3 Å². The molecule has 0 bridgehead atoms. The van der Waals surface area contributed by atoms with Crippen molar-refractivity contribution in [2.75, 3.05) is 24.7 Å². The van der Waals surface area contributed by atoms with Crippen molar-refractivity contribution in [1.82, 2.24) is 0 Å². The van der Waals surface area contributed by atoms with Gasteiger partial charge in [0.1, 0.15) is 5.82 Å². The highest BCUT2D eigenvalue weighted by atomic mass is 19.1. The summed E-state index contributed by atoms with van der Waals surface area (Å²) in [5.74, 6) is -1.34. The summed E-state index contributed by atoms with van der Waals surface area (Å²) in [5, 5.41) is 0. The highest BCUT2D eigenvalue weighted by Gasteiger charge is 2.52. The molecule has 1 fully saturated rings. The van der Waals surface area contributed by atoms with Crippen LogP contribution in [0.1, 0.15) is 22.3 Å². The molecule has 4 rings (SSSR count). The number of ether oxygens (including phenoxy) is 2. The molecule has 2 aromatic carbocycles. The number of benzene rings is 2. The van der Waals surface area contributed by atoms with Gasteiger partial charge in [-0.3, -0.25) is 9.59 Å². The molecular formula is C19H16FNO4. The zero-order valence-electron chi connectivity index (χ0n) is 13.4. The van der Waals surface area contributed by atoms with Crippen molar-refractivity contribution in [3.63, 3.8) is 0 Å². The smallest absolute Gasteiger partial charge is 0.271 e. The minimum absolute atomic E-state index is 0.255. The van der Waals surface area contributed by atoms with Gasteiger partial charge in [-0.2, -0.15) is 0 Å². The van der Waals surface area contributed by atoms with Crippen LogP contribution in [0.25, 0.3) is 0 Å². The predicted octanol–water partition coefficient (Wildman–Crippen LogP) is 2.64. The molecule has 0 aromatic heterocycles. The van der Waals surface area contributed by atoms with E-state index in [9.17, 15) is 14.0 Å². The van der Waals surface area contributed by atoms with Crippen LogP contribution in [0.5, 0.6) is 0 Å². The van der Waals surface area contributed by atoms with Crippen molar-refractivity contribution in [3.05, 3.63) is 65.5 Å². The number of hydrogen-bond donors (Lipinski definition) is 0. The number of carbonyl (C=O) groups excluding carboxylic acids is 2. The summed E-state index contributed by atoms with van der Waals surface area (Å²) in [6.45, 7) is 0.999. The first-order valence-electron chi connectivity index (χ1n) is 8.09. The van der Waals surface area contributed by atoms with E-state index in [2.05, 4.69) is 0 Å². The first-order chi connectivity index (χ1) is 12.1. The molecule has 1 atom stereocenters. The van der Waals surface area contributed by atoms with Crippen LogP contribution in [0.15, 0.2) is 48.5 Å². The maximum absolute atomic E-state index is 13.3. The number of amides is 2. The molecule has 1 unspecified atom stereocenters. The lowest BCUT2D eigenvalue weighted by atomic mass is 9.81. The van der Waals surface area contributed by atoms with E-state index in [4.69, 9.17) is 9.47 Å². The van der Waals surface area contributed by atoms with Crippen molar-refractivity contribution in [1.29, 1.82) is 0 Å². The van der Waals surface area contributed by atoms with Gasteiger partial charge in [0, 0.05) is 17.5 Å². The van der Waals surface area contributed by atoms with E-state index >= 15 is 0 Å². The maximum atomic E-state index is 13.3. The standard InChI is InChI=1S/C19H16FNO4/c20-13-5-7-14(8-6-13)21-17(22)15-3-1-2-4-16(15)19(18(21)23)9-10-24-11-12-25-19/h1-8H,9-12H2. The van der Waals surface area contributed by atoms with Gasteiger partial charge in [-0.15, -0.1) is 0 Å². The number of carbonyl (C=O) groups is 2. The first-order valence-corrected chi connectivity index (χ1v) is 8.09. The Morgan fingerprint density at radius 1 is 0.960 bits per heavy atom. The predicted molar refractivity (Wildman–Crippen MR) is 87.7 cm³/mol. The third kappa shape index (κ3) is 2.45. The molecule has 2 amide bonds. The molecular weight excluding hydrogens is 325 g/mol. The molecule has 0 saturated carbocycles. The van der Waals surface area contributed by atoms with Crippen LogP contribution in [-0.4, -0.2) is 31.6 Å². The highest BCUT2D eigenvalue weighted by Crippen LogP contribution is 2.41. The molecule has 5 nitrogen and oxygen atoms in total. The lowest BCUT2D eigenvalue weighted by Crippen LogP contribution is -2.56. The Morgan fingerprint density at radius 3 is 2.52 bits per heavy atom. The molecule has 6 heteroatoms. The number of fused-ring (bicyclic) bond motifs is 2. The van der Waals surface area contributed by atoms with Crippen LogP contribution in [0, 0.1) is 5.82 Å². The lowest BCUT2D eigenvalue weighted by Gasteiger charge is -2.40. The number of anilines is 1. The molecule has 1 spiro atoms. The topological polar surface area (TPSA) is 55.8 Å². The Kier molecular flexibility index (Phi) is 3.86. The van der Waals surface area contributed by atoms with Gasteiger partial charge in [-0.1, -0.05) is 18.2 Å². The number of imide groups is 1. The molecule has 2 aromatic rings. The van der Waals surface area contributed by atoms with Crippen molar-refractivity contribution in [2.45, 2.75) is 12.0 Å². The normalized spacial score (nSPS) is 23.5. The number of nitrogens with zero attached hydrogens (tertiary/aromatic N) is 1. The van der Waals surface area contributed by atoms with Crippen LogP contribution in [0.2, 0.25) is 0 Å². The molecule has 128 valence electrons. The summed E-state index contributed by atoms with van der Waals surface area (Å²) in [7, 11) is 0. The molecule has 0 aliphatic carbocycles. The molecule has 2 aliphatic heterocycles. The summed E-state index contributed by atoms with van der Waals surface area (Å²) < 4.78 is 24.6. The molecule has 1 saturated heterocycles. The summed E-state index contributed by atoms with van der Waals surface area (Å²) in [4.78, 5) is 27.4. The highest BCUT2D eigenvalue weighted by molar-refractivity contribution is 6.27. The molecule has 0 radical (unpaired) electrons. The Balaban J connectivity index is 1.90. The summed E-state index contributed by atoms with van der Waals surface area (Å²) >= 11 is 0. The van der Waals surface area contributed by atoms with Crippen LogP contribution < -0.4 is 4.90 Å². The average molecular weight is 341 g/mol. The SMILES string of the molecule is O=C1c2ccccc2C2(CCOCCO2)C(=O)N1c1ccc(F)cc1. The fraction of sp³-hybridized carbons (Fsp3) is 0.263. The largest absolute Gasteiger partial charge is 0.379 e. The summed E-state index contributed by atoms with van der Waals surface area (Å²) in [5.41, 5.74) is 0.0243. The van der Waals surface area contributed by atoms with E-state index in [0.29, 0.717) is 36.4 Å². The molecule has 2 heterocycles. The van der Waals surface area contributed by atoms with Gasteiger partial charge in [0.2, 0.25) is 0 Å². The fourth-order valence-electron chi connectivity index (χ4n) is 3.40. The van der Waals surface area contributed by atoms with Crippen LogP contribution in [0.4, 0.5) is 10.1 Å². The van der Waals surface area contributed by atoms with E-state index in [0.717, 1.165) is 4.90 Å². The van der Waals surface area contributed by atoms with Gasteiger partial charge in [-0.05, 0) is 30.3 Å². The van der Waals surface area contributed by atoms with Gasteiger partial charge in [0.05, 0.1) is 25.5 Å². The van der Waals surface area contributed by atoms with Crippen molar-refractivity contribution in [2.24, 2.45) is 0 Å². The fourth-order valence-corrected chi connectivity index (χ4v) is 3.40. The second-order valence-corrected chi connectivity index (χ2v) is 6.01. The first kappa shape index (κ1) is 15.9. The van der Waals surface area contributed by atoms with Gasteiger partial charge in [0.15, 0.2) is 5.60 Å². The van der Waals surface area contributed by atoms with Gasteiger partial charge < -0.3 is 9.47 Å². The van der Waals surface area contributed by atoms with Crippen molar-refractivity contribution in [3.8, 4) is 0 Å². The molecule has 0 N–H and O–H groups in total. The van der Waals surface area contributed by atoms with E-state index in [1.54, 1.807) is 24.3 Å². The minimum atomic E-state index is -1.27. The Labute approximate surface area is 144 Å². The third-order valence-electron chi connectivity index (χ3n) is 4.60. The Hall–Kier alpha value is -2.57. The van der Waals surface area contributed by atoms with Crippen LogP contribution in [0.3, 0.4) is 0 Å². The van der Waals surface area contributed by atoms with Crippen molar-refractivity contribution >= 4 is 17.5 Å². The maximum Gasteiger partial charge on any atom is 0.271 e. The quantitative estimate of drug-likeness (QED) is 0.749. The van der Waals surface area contributed by atoms with Gasteiger partial charge >= 0.3 is 0 Å². The monoisotopic (exact) mass is 341 g/mol. The van der Waals surface area contributed by atoms with Crippen LogP contribution in [-0.2, 0) is 19.9 Å². The van der Waals surface area contributed by atoms with Crippen molar-refractivity contribution < 1.29 is 23.5 Å². The Morgan fingerprint density at radius 2 is 1.72 bits per heavy atom. The number of halogens is 1.